The minimum Gasteiger partial charge on any atom is -0.508 e. The number of anilines is 1. The number of amides is 1. The van der Waals surface area contributed by atoms with Gasteiger partial charge in [-0.15, -0.1) is 0 Å². The Bertz CT molecular complexity index is 819. The number of nitrogens with two attached hydrogens (primary N) is 1. The Morgan fingerprint density at radius 1 is 1.20 bits per heavy atom. The summed E-state index contributed by atoms with van der Waals surface area (Å²) in [6, 6.07) is 14.9. The van der Waals surface area contributed by atoms with E-state index >= 15 is 0 Å². The van der Waals surface area contributed by atoms with E-state index < -0.39 is 23.1 Å². The van der Waals surface area contributed by atoms with E-state index in [0.29, 0.717) is 18.5 Å². The van der Waals surface area contributed by atoms with E-state index in [4.69, 9.17) is 5.73 Å². The van der Waals surface area contributed by atoms with E-state index in [2.05, 4.69) is 4.90 Å². The maximum absolute atomic E-state index is 12.6. The molecule has 0 spiro atoms. The van der Waals surface area contributed by atoms with Crippen LogP contribution >= 0.6 is 0 Å². The summed E-state index contributed by atoms with van der Waals surface area (Å²) in [4.78, 5) is 26.4. The summed E-state index contributed by atoms with van der Waals surface area (Å²) >= 11 is 0. The fraction of sp³-hybridized carbons (Fsp3) is 0.300. The molecule has 2 aromatic carbocycles. The van der Waals surface area contributed by atoms with Gasteiger partial charge in [0, 0.05) is 12.2 Å². The topological polar surface area (TPSA) is 83.6 Å². The lowest BCUT2D eigenvalue weighted by Gasteiger charge is -2.40. The number of nitrogens with zero attached hydrogens (tertiary/aromatic N) is 1. The molecule has 2 aromatic rings. The van der Waals surface area contributed by atoms with Crippen LogP contribution in [0, 0.1) is 0 Å². The lowest BCUT2D eigenvalue weighted by atomic mass is 9.78. The first-order chi connectivity index (χ1) is 11.9. The Morgan fingerprint density at radius 3 is 2.48 bits per heavy atom. The van der Waals surface area contributed by atoms with Crippen LogP contribution in [-0.2, 0) is 16.1 Å². The van der Waals surface area contributed by atoms with Gasteiger partial charge < -0.3 is 15.7 Å². The molecule has 5 heteroatoms. The van der Waals surface area contributed by atoms with Crippen molar-refractivity contribution in [2.24, 2.45) is 5.73 Å². The summed E-state index contributed by atoms with van der Waals surface area (Å²) in [5.41, 5.74) is 7.33. The Hall–Kier alpha value is -2.82. The average molecular weight is 338 g/mol. The third kappa shape index (κ3) is 2.76. The lowest BCUT2D eigenvalue weighted by Crippen LogP contribution is -2.49. The number of fused-ring (bicyclic) bond motifs is 1. The first kappa shape index (κ1) is 17.0. The molecule has 130 valence electrons. The van der Waals surface area contributed by atoms with E-state index in [9.17, 15) is 14.7 Å². The first-order valence-electron chi connectivity index (χ1n) is 8.36. The van der Waals surface area contributed by atoms with Crippen molar-refractivity contribution in [1.82, 2.24) is 0 Å². The number of primary amides is 1. The maximum atomic E-state index is 12.6. The second-order valence-electron chi connectivity index (χ2n) is 6.69. The van der Waals surface area contributed by atoms with Gasteiger partial charge >= 0.3 is 0 Å². The van der Waals surface area contributed by atoms with Crippen LogP contribution in [0.25, 0.3) is 0 Å². The van der Waals surface area contributed by atoms with E-state index in [1.807, 2.05) is 44.2 Å². The van der Waals surface area contributed by atoms with Crippen LogP contribution in [0.4, 0.5) is 5.69 Å². The van der Waals surface area contributed by atoms with Crippen LogP contribution in [0.15, 0.2) is 48.5 Å². The summed E-state index contributed by atoms with van der Waals surface area (Å²) in [7, 11) is 0. The highest BCUT2D eigenvalue weighted by Crippen LogP contribution is 2.51. The van der Waals surface area contributed by atoms with Crippen molar-refractivity contribution >= 4 is 17.4 Å². The van der Waals surface area contributed by atoms with Crippen molar-refractivity contribution in [2.75, 3.05) is 4.90 Å². The summed E-state index contributed by atoms with van der Waals surface area (Å²) in [6.07, 6.45) is 0.652. The minimum atomic E-state index is -0.944. The van der Waals surface area contributed by atoms with Crippen molar-refractivity contribution in [3.05, 3.63) is 59.7 Å². The number of carbonyl (C=O) groups is 2. The SMILES string of the molecule is CCC1(C)C(C(=O)C(N)=O)c2cc(O)ccc2N1Cc1ccccc1. The molecule has 0 aromatic heterocycles. The third-order valence-electron chi connectivity index (χ3n) is 5.26. The van der Waals surface area contributed by atoms with Crippen LogP contribution in [0.3, 0.4) is 0 Å². The predicted octanol–water partition coefficient (Wildman–Crippen LogP) is 2.72. The molecule has 0 saturated heterocycles. The smallest absolute Gasteiger partial charge is 0.285 e. The number of hydrogen-bond acceptors (Lipinski definition) is 4. The van der Waals surface area contributed by atoms with Crippen molar-refractivity contribution in [3.63, 3.8) is 0 Å². The molecule has 0 aliphatic carbocycles. The van der Waals surface area contributed by atoms with Crippen LogP contribution in [0.2, 0.25) is 0 Å². The molecule has 0 radical (unpaired) electrons. The average Bonchev–Trinajstić information content (AvgIpc) is 2.83. The van der Waals surface area contributed by atoms with E-state index in [-0.39, 0.29) is 5.75 Å². The Kier molecular flexibility index (Phi) is 4.25. The van der Waals surface area contributed by atoms with Gasteiger partial charge in [-0.1, -0.05) is 37.3 Å². The third-order valence-corrected chi connectivity index (χ3v) is 5.26. The molecule has 1 aliphatic rings. The number of ketones is 1. The molecule has 1 aliphatic heterocycles. The fourth-order valence-corrected chi connectivity index (χ4v) is 3.78. The zero-order valence-corrected chi connectivity index (χ0v) is 14.4. The van der Waals surface area contributed by atoms with Crippen molar-refractivity contribution < 1.29 is 14.7 Å². The number of phenols is 1. The van der Waals surface area contributed by atoms with Crippen LogP contribution < -0.4 is 10.6 Å². The molecule has 5 nitrogen and oxygen atoms in total. The van der Waals surface area contributed by atoms with Gasteiger partial charge in [-0.25, -0.2) is 0 Å². The molecular formula is C20H22N2O3. The largest absolute Gasteiger partial charge is 0.508 e. The Morgan fingerprint density at radius 2 is 1.88 bits per heavy atom. The summed E-state index contributed by atoms with van der Waals surface area (Å²) in [6.45, 7) is 4.56. The van der Waals surface area contributed by atoms with Gasteiger partial charge in [0.15, 0.2) is 0 Å². The molecule has 0 fully saturated rings. The van der Waals surface area contributed by atoms with E-state index in [0.717, 1.165) is 11.3 Å². The predicted molar refractivity (Wildman–Crippen MR) is 96.4 cm³/mol. The summed E-state index contributed by atoms with van der Waals surface area (Å²) in [5.74, 6) is -2.19. The Labute approximate surface area is 147 Å². The highest BCUT2D eigenvalue weighted by Gasteiger charge is 2.51. The standard InChI is InChI=1S/C20H22N2O3/c1-3-20(2)17(18(24)19(21)25)15-11-14(23)9-10-16(15)22(20)12-13-7-5-4-6-8-13/h4-11,17,23H,3,12H2,1-2H3,(H2,21,25). The molecule has 2 atom stereocenters. The van der Waals surface area contributed by atoms with Gasteiger partial charge in [-0.2, -0.15) is 0 Å². The quantitative estimate of drug-likeness (QED) is 0.821. The number of hydrogen-bond donors (Lipinski definition) is 2. The van der Waals surface area contributed by atoms with Crippen LogP contribution in [0.1, 0.15) is 37.3 Å². The number of benzene rings is 2. The van der Waals surface area contributed by atoms with Gasteiger partial charge in [-0.3, -0.25) is 9.59 Å². The number of rotatable bonds is 5. The normalized spacial score (nSPS) is 21.8. The van der Waals surface area contributed by atoms with Crippen molar-refractivity contribution in [1.29, 1.82) is 0 Å². The number of Topliss-reactive ketones (excluding diaryl/α,β-unsaturated/α-hetero) is 1. The van der Waals surface area contributed by atoms with Gasteiger partial charge in [-0.05, 0) is 42.7 Å². The zero-order chi connectivity index (χ0) is 18.2. The lowest BCUT2D eigenvalue weighted by molar-refractivity contribution is -0.137. The van der Waals surface area contributed by atoms with Crippen LogP contribution in [0.5, 0.6) is 5.75 Å². The van der Waals surface area contributed by atoms with Gasteiger partial charge in [0.1, 0.15) is 5.75 Å². The summed E-state index contributed by atoms with van der Waals surface area (Å²) < 4.78 is 0. The van der Waals surface area contributed by atoms with Gasteiger partial charge in [0.2, 0.25) is 5.78 Å². The second kappa shape index (κ2) is 6.24. The molecule has 1 amide bonds. The molecule has 0 saturated carbocycles. The molecule has 3 N–H and O–H groups in total. The summed E-state index contributed by atoms with van der Waals surface area (Å²) in [5, 5.41) is 9.91. The Balaban J connectivity index is 2.14. The fourth-order valence-electron chi connectivity index (χ4n) is 3.78. The van der Waals surface area contributed by atoms with E-state index in [1.54, 1.807) is 18.2 Å². The van der Waals surface area contributed by atoms with Gasteiger partial charge in [0.05, 0.1) is 11.5 Å². The first-order valence-corrected chi connectivity index (χ1v) is 8.36. The molecule has 1 heterocycles. The highest BCUT2D eigenvalue weighted by molar-refractivity contribution is 6.38. The van der Waals surface area contributed by atoms with Gasteiger partial charge in [0.25, 0.3) is 5.91 Å². The molecule has 2 unspecified atom stereocenters. The molecule has 25 heavy (non-hydrogen) atoms. The second-order valence-corrected chi connectivity index (χ2v) is 6.69. The number of aromatic hydroxyl groups is 1. The maximum Gasteiger partial charge on any atom is 0.285 e. The van der Waals surface area contributed by atoms with E-state index in [1.165, 1.54) is 0 Å². The van der Waals surface area contributed by atoms with Crippen LogP contribution in [-0.4, -0.2) is 22.3 Å². The molecule has 3 rings (SSSR count). The number of phenolic OH excluding ortho intramolecular Hbond substituents is 1. The monoisotopic (exact) mass is 338 g/mol. The highest BCUT2D eigenvalue weighted by atomic mass is 16.3. The minimum absolute atomic E-state index is 0.0704. The van der Waals surface area contributed by atoms with Crippen molar-refractivity contribution in [3.8, 4) is 5.75 Å². The zero-order valence-electron chi connectivity index (χ0n) is 14.4. The van der Waals surface area contributed by atoms with Crippen molar-refractivity contribution in [2.45, 2.75) is 38.3 Å². The number of carbonyl (C=O) groups excluding carboxylic acids is 2. The molecule has 0 bridgehead atoms. The molecular weight excluding hydrogens is 316 g/mol.